The summed E-state index contributed by atoms with van der Waals surface area (Å²) >= 11 is 1.63. The van der Waals surface area contributed by atoms with E-state index in [4.69, 9.17) is 4.74 Å². The monoisotopic (exact) mass is 417 g/mol. The molecule has 1 atom stereocenters. The molecule has 152 valence electrons. The van der Waals surface area contributed by atoms with Crippen molar-refractivity contribution in [3.63, 3.8) is 0 Å². The largest absolute Gasteiger partial charge is 0.467 e. The number of hydrogen-bond acceptors (Lipinski definition) is 4. The van der Waals surface area contributed by atoms with Crippen LogP contribution in [0, 0.1) is 0 Å². The summed E-state index contributed by atoms with van der Waals surface area (Å²) in [6.45, 7) is 0. The molecule has 3 aliphatic rings. The number of esters is 1. The van der Waals surface area contributed by atoms with Crippen LogP contribution < -0.4 is 5.56 Å². The zero-order valence-electron chi connectivity index (χ0n) is 16.9. The third-order valence-electron chi connectivity index (χ3n) is 6.83. The van der Waals surface area contributed by atoms with Gasteiger partial charge in [0, 0.05) is 11.8 Å². The second kappa shape index (κ2) is 6.74. The summed E-state index contributed by atoms with van der Waals surface area (Å²) in [5.41, 5.74) is 6.50. The van der Waals surface area contributed by atoms with Crippen LogP contribution in [-0.2, 0) is 28.8 Å². The Morgan fingerprint density at radius 2 is 1.93 bits per heavy atom. The highest BCUT2D eigenvalue weighted by Gasteiger charge is 2.38. The smallest absolute Gasteiger partial charge is 0.329 e. The lowest BCUT2D eigenvalue weighted by Crippen LogP contribution is -2.30. The second-order valence-corrected chi connectivity index (χ2v) is 9.63. The van der Waals surface area contributed by atoms with E-state index in [-0.39, 0.29) is 11.5 Å². The molecule has 0 radical (unpaired) electrons. The Bertz CT molecular complexity index is 1260. The van der Waals surface area contributed by atoms with Gasteiger partial charge in [0.15, 0.2) is 0 Å². The van der Waals surface area contributed by atoms with Crippen LogP contribution >= 0.6 is 11.8 Å². The normalized spacial score (nSPS) is 19.3. The Balaban J connectivity index is 1.49. The van der Waals surface area contributed by atoms with Crippen molar-refractivity contribution in [2.45, 2.75) is 49.1 Å². The maximum atomic E-state index is 13.1. The van der Waals surface area contributed by atoms with Crippen LogP contribution in [0.1, 0.15) is 52.6 Å². The number of rotatable bonds is 4. The van der Waals surface area contributed by atoms with Crippen molar-refractivity contribution >= 4 is 28.5 Å². The first kappa shape index (κ1) is 18.3. The van der Waals surface area contributed by atoms with Crippen LogP contribution in [0.2, 0.25) is 0 Å². The van der Waals surface area contributed by atoms with Gasteiger partial charge in [0.25, 0.3) is 5.56 Å². The molecule has 0 spiro atoms. The maximum absolute atomic E-state index is 13.1. The number of pyridine rings is 1. The van der Waals surface area contributed by atoms with E-state index in [9.17, 15) is 9.59 Å². The molecule has 0 saturated heterocycles. The third kappa shape index (κ3) is 2.68. The van der Waals surface area contributed by atoms with Crippen LogP contribution in [-0.4, -0.2) is 23.4 Å². The summed E-state index contributed by atoms with van der Waals surface area (Å²) in [6, 6.07) is 12.4. The van der Waals surface area contributed by atoms with E-state index in [1.807, 2.05) is 0 Å². The second-order valence-electron chi connectivity index (χ2n) is 8.62. The number of carbonyl (C=O) groups excluding carboxylic acids is 1. The predicted octanol–water partition coefficient (Wildman–Crippen LogP) is 4.39. The van der Waals surface area contributed by atoms with Gasteiger partial charge in [-0.2, -0.15) is 0 Å². The molecule has 0 amide bonds. The van der Waals surface area contributed by atoms with E-state index in [0.717, 1.165) is 42.7 Å². The number of methoxy groups -OCH3 is 1. The topological polar surface area (TPSA) is 48.3 Å². The lowest BCUT2D eigenvalue weighted by atomic mass is 9.93. The van der Waals surface area contributed by atoms with Crippen molar-refractivity contribution in [3.05, 3.63) is 74.6 Å². The fraction of sp³-hybridized carbons (Fsp3) is 0.360. The summed E-state index contributed by atoms with van der Waals surface area (Å²) in [6.07, 6.45) is 5.32. The van der Waals surface area contributed by atoms with Gasteiger partial charge < -0.3 is 4.74 Å². The first-order valence-corrected chi connectivity index (χ1v) is 11.7. The molecular weight excluding hydrogens is 394 g/mol. The quantitative estimate of drug-likeness (QED) is 0.591. The van der Waals surface area contributed by atoms with Crippen LogP contribution in [0.25, 0.3) is 10.8 Å². The van der Waals surface area contributed by atoms with Crippen LogP contribution in [0.3, 0.4) is 0 Å². The Hall–Kier alpha value is -2.53. The van der Waals surface area contributed by atoms with Crippen molar-refractivity contribution < 1.29 is 9.53 Å². The highest BCUT2D eigenvalue weighted by atomic mass is 32.2. The molecule has 1 fully saturated rings. The molecule has 3 aromatic rings. The zero-order chi connectivity index (χ0) is 20.4. The zero-order valence-corrected chi connectivity index (χ0v) is 17.8. The van der Waals surface area contributed by atoms with Gasteiger partial charge in [-0.1, -0.05) is 30.3 Å². The number of ether oxygens (including phenoxy) is 1. The molecule has 2 heterocycles. The molecular formula is C25H23NO3S. The van der Waals surface area contributed by atoms with Gasteiger partial charge in [-0.15, -0.1) is 11.8 Å². The summed E-state index contributed by atoms with van der Waals surface area (Å²) in [7, 11) is 1.39. The van der Waals surface area contributed by atoms with Gasteiger partial charge in [0.2, 0.25) is 0 Å². The molecule has 1 saturated carbocycles. The lowest BCUT2D eigenvalue weighted by molar-refractivity contribution is -0.143. The van der Waals surface area contributed by atoms with Gasteiger partial charge >= 0.3 is 5.97 Å². The SMILES string of the molecule is COC(=O)[C@@H]1CSc2c(C3CC3)c(Cc3ccc4c5c(cccc35)CC4)cc(=O)n21. The molecule has 0 N–H and O–H groups in total. The Labute approximate surface area is 179 Å². The first-order valence-electron chi connectivity index (χ1n) is 10.7. The number of aryl methyl sites for hydroxylation is 2. The molecule has 0 bridgehead atoms. The van der Waals surface area contributed by atoms with Crippen LogP contribution in [0.5, 0.6) is 0 Å². The van der Waals surface area contributed by atoms with Crippen molar-refractivity contribution in [1.82, 2.24) is 4.57 Å². The number of nitrogens with zero attached hydrogens (tertiary/aromatic N) is 1. The predicted molar refractivity (Wildman–Crippen MR) is 119 cm³/mol. The van der Waals surface area contributed by atoms with Gasteiger partial charge in [-0.05, 0) is 76.6 Å². The van der Waals surface area contributed by atoms with Crippen LogP contribution in [0.15, 0.2) is 46.2 Å². The van der Waals surface area contributed by atoms with Crippen molar-refractivity contribution in [2.24, 2.45) is 0 Å². The molecule has 4 nitrogen and oxygen atoms in total. The van der Waals surface area contributed by atoms with Gasteiger partial charge in [0.1, 0.15) is 6.04 Å². The number of fused-ring (bicyclic) bond motifs is 1. The maximum Gasteiger partial charge on any atom is 0.329 e. The van der Waals surface area contributed by atoms with E-state index < -0.39 is 6.04 Å². The van der Waals surface area contributed by atoms with Gasteiger partial charge in [0.05, 0.1) is 12.1 Å². The number of aromatic nitrogens is 1. The Kier molecular flexibility index (Phi) is 4.10. The molecule has 2 aliphatic carbocycles. The molecule has 1 aromatic heterocycles. The van der Waals surface area contributed by atoms with Crippen molar-refractivity contribution in [2.75, 3.05) is 12.9 Å². The molecule has 1 aliphatic heterocycles. The molecule has 2 aromatic carbocycles. The van der Waals surface area contributed by atoms with Crippen LogP contribution in [0.4, 0.5) is 0 Å². The number of hydrogen-bond donors (Lipinski definition) is 0. The summed E-state index contributed by atoms with van der Waals surface area (Å²) in [5, 5.41) is 3.73. The molecule has 6 rings (SSSR count). The van der Waals surface area contributed by atoms with Gasteiger partial charge in [-0.25, -0.2) is 4.79 Å². The number of carbonyl (C=O) groups is 1. The first-order chi connectivity index (χ1) is 14.7. The highest BCUT2D eigenvalue weighted by molar-refractivity contribution is 7.99. The van der Waals surface area contributed by atoms with E-state index in [0.29, 0.717) is 11.7 Å². The minimum Gasteiger partial charge on any atom is -0.467 e. The average molecular weight is 418 g/mol. The fourth-order valence-electron chi connectivity index (χ4n) is 5.27. The number of thioether (sulfide) groups is 1. The Morgan fingerprint density at radius 1 is 1.13 bits per heavy atom. The highest BCUT2D eigenvalue weighted by Crippen LogP contribution is 2.49. The average Bonchev–Trinajstić information content (AvgIpc) is 3.34. The van der Waals surface area contributed by atoms with E-state index in [1.165, 1.54) is 40.1 Å². The van der Waals surface area contributed by atoms with Crippen molar-refractivity contribution in [3.8, 4) is 0 Å². The minimum atomic E-state index is -0.508. The van der Waals surface area contributed by atoms with E-state index in [1.54, 1.807) is 22.4 Å². The van der Waals surface area contributed by atoms with Crippen molar-refractivity contribution in [1.29, 1.82) is 0 Å². The number of benzene rings is 2. The summed E-state index contributed by atoms with van der Waals surface area (Å²) in [4.78, 5) is 25.3. The lowest BCUT2D eigenvalue weighted by Gasteiger charge is -2.18. The minimum absolute atomic E-state index is 0.0873. The van der Waals surface area contributed by atoms with E-state index in [2.05, 4.69) is 30.3 Å². The summed E-state index contributed by atoms with van der Waals surface area (Å²) < 4.78 is 6.63. The van der Waals surface area contributed by atoms with E-state index >= 15 is 0 Å². The molecule has 0 unspecified atom stereocenters. The fourth-order valence-corrected chi connectivity index (χ4v) is 6.68. The van der Waals surface area contributed by atoms with Gasteiger partial charge in [-0.3, -0.25) is 9.36 Å². The standard InChI is InChI=1S/C25H23NO3S/c1-29-25(28)20-13-30-24-23(16-7-8-16)18(12-21(27)26(20)24)11-17-10-9-15-6-5-14-3-2-4-19(17)22(14)15/h2-4,9-10,12,16,20H,5-8,11,13H2,1H3/t20-/m0/s1. The molecule has 30 heavy (non-hydrogen) atoms. The third-order valence-corrected chi connectivity index (χ3v) is 8.00. The Morgan fingerprint density at radius 3 is 2.70 bits per heavy atom. The molecule has 5 heteroatoms. The summed E-state index contributed by atoms with van der Waals surface area (Å²) in [5.74, 6) is 0.749.